The van der Waals surface area contributed by atoms with Gasteiger partial charge >= 0.3 is 6.18 Å². The van der Waals surface area contributed by atoms with Gasteiger partial charge in [-0.15, -0.1) is 0 Å². The van der Waals surface area contributed by atoms with Crippen molar-refractivity contribution >= 4 is 11.6 Å². The van der Waals surface area contributed by atoms with Gasteiger partial charge in [0.05, 0.1) is 0 Å². The number of anilines is 1. The van der Waals surface area contributed by atoms with Crippen LogP contribution in [0, 0.1) is 0 Å². The van der Waals surface area contributed by atoms with E-state index in [9.17, 15) is 22.8 Å². The Morgan fingerprint density at radius 3 is 2.44 bits per heavy atom. The lowest BCUT2D eigenvalue weighted by molar-refractivity contribution is -0.141. The van der Waals surface area contributed by atoms with E-state index in [1.165, 1.54) is 5.56 Å². The highest BCUT2D eigenvalue weighted by molar-refractivity contribution is 6.04. The maximum absolute atomic E-state index is 12.6. The second-order valence-corrected chi connectivity index (χ2v) is 6.27. The third kappa shape index (κ3) is 3.12. The quantitative estimate of drug-likeness (QED) is 0.555. The zero-order chi connectivity index (χ0) is 19.2. The molecule has 0 fully saturated rings. The van der Waals surface area contributed by atoms with Crippen molar-refractivity contribution in [1.29, 1.82) is 0 Å². The number of nitrogens with one attached hydrogen (secondary N) is 2. The van der Waals surface area contributed by atoms with Gasteiger partial charge in [0, 0.05) is 5.69 Å². The third-order valence-corrected chi connectivity index (χ3v) is 4.51. The van der Waals surface area contributed by atoms with Gasteiger partial charge in [0.15, 0.2) is 0 Å². The van der Waals surface area contributed by atoms with Crippen molar-refractivity contribution in [3.63, 3.8) is 0 Å². The smallest absolute Gasteiger partial charge is 0.322 e. The molecule has 0 radical (unpaired) electrons. The number of amides is 1. The lowest BCUT2D eigenvalue weighted by Gasteiger charge is -2.09. The first-order valence-corrected chi connectivity index (χ1v) is 8.16. The predicted molar refractivity (Wildman–Crippen MR) is 94.7 cm³/mol. The van der Waals surface area contributed by atoms with Crippen LogP contribution in [0.3, 0.4) is 0 Å². The normalized spacial score (nSPS) is 12.4. The average Bonchev–Trinajstić information content (AvgIpc) is 2.98. The topological polar surface area (TPSA) is 62.0 Å². The summed E-state index contributed by atoms with van der Waals surface area (Å²) < 4.78 is 37.8. The van der Waals surface area contributed by atoms with Crippen molar-refractivity contribution in [2.24, 2.45) is 0 Å². The van der Waals surface area contributed by atoms with Crippen LogP contribution in [-0.4, -0.2) is 10.9 Å². The van der Waals surface area contributed by atoms with Gasteiger partial charge in [-0.2, -0.15) is 13.2 Å². The summed E-state index contributed by atoms with van der Waals surface area (Å²) >= 11 is 0. The number of aromatic amines is 1. The maximum Gasteiger partial charge on any atom is 0.431 e. The van der Waals surface area contributed by atoms with E-state index in [-0.39, 0.29) is 5.56 Å². The number of halogens is 3. The molecule has 1 aromatic heterocycles. The Balaban J connectivity index is 1.58. The molecule has 27 heavy (non-hydrogen) atoms. The summed E-state index contributed by atoms with van der Waals surface area (Å²) in [7, 11) is 0. The monoisotopic (exact) mass is 370 g/mol. The van der Waals surface area contributed by atoms with Crippen LogP contribution in [0.25, 0.3) is 11.1 Å². The van der Waals surface area contributed by atoms with Crippen LogP contribution >= 0.6 is 0 Å². The lowest BCUT2D eigenvalue weighted by atomic mass is 10.1. The SMILES string of the molecule is O=C(Nc1ccc2c(c1)Cc1ccccc1-2)c1ccc(C(F)(F)F)[nH]c1=O. The van der Waals surface area contributed by atoms with Gasteiger partial charge in [0.2, 0.25) is 0 Å². The molecule has 1 aliphatic rings. The molecule has 2 aromatic carbocycles. The van der Waals surface area contributed by atoms with Crippen molar-refractivity contribution in [3.8, 4) is 11.1 Å². The van der Waals surface area contributed by atoms with Crippen molar-refractivity contribution in [3.05, 3.63) is 87.3 Å². The molecule has 0 aliphatic heterocycles. The summed E-state index contributed by atoms with van der Waals surface area (Å²) in [5.41, 5.74) is 2.26. The van der Waals surface area contributed by atoms with Crippen molar-refractivity contribution in [2.45, 2.75) is 12.6 Å². The Labute approximate surface area is 151 Å². The van der Waals surface area contributed by atoms with Gasteiger partial charge in [-0.3, -0.25) is 9.59 Å². The van der Waals surface area contributed by atoms with Crippen LogP contribution in [0.5, 0.6) is 0 Å². The van der Waals surface area contributed by atoms with E-state index in [0.29, 0.717) is 11.8 Å². The Morgan fingerprint density at radius 2 is 1.70 bits per heavy atom. The second-order valence-electron chi connectivity index (χ2n) is 6.27. The Morgan fingerprint density at radius 1 is 0.963 bits per heavy atom. The van der Waals surface area contributed by atoms with Crippen LogP contribution < -0.4 is 10.9 Å². The van der Waals surface area contributed by atoms with Crippen LogP contribution in [0.4, 0.5) is 18.9 Å². The standard InChI is InChI=1S/C20H13F3N2O2/c21-20(22,23)17-8-7-16(19(27)25-17)18(26)24-13-5-6-15-12(10-13)9-11-3-1-2-4-14(11)15/h1-8,10H,9H2,(H,24,26)(H,25,27). The van der Waals surface area contributed by atoms with Gasteiger partial charge in [-0.25, -0.2) is 0 Å². The van der Waals surface area contributed by atoms with Crippen LogP contribution in [-0.2, 0) is 12.6 Å². The first-order valence-electron chi connectivity index (χ1n) is 8.16. The minimum Gasteiger partial charge on any atom is -0.322 e. The summed E-state index contributed by atoms with van der Waals surface area (Å²) in [6.45, 7) is 0. The van der Waals surface area contributed by atoms with E-state index in [2.05, 4.69) is 5.32 Å². The number of alkyl halides is 3. The predicted octanol–water partition coefficient (Wildman–Crippen LogP) is 4.22. The fourth-order valence-corrected chi connectivity index (χ4v) is 3.24. The number of rotatable bonds is 2. The molecule has 0 saturated carbocycles. The molecular weight excluding hydrogens is 357 g/mol. The minimum atomic E-state index is -4.68. The highest BCUT2D eigenvalue weighted by atomic mass is 19.4. The molecular formula is C20H13F3N2O2. The largest absolute Gasteiger partial charge is 0.431 e. The van der Waals surface area contributed by atoms with E-state index in [4.69, 9.17) is 0 Å². The number of H-pyrrole nitrogens is 1. The first kappa shape index (κ1) is 17.1. The van der Waals surface area contributed by atoms with Gasteiger partial charge in [0.1, 0.15) is 11.3 Å². The Hall–Kier alpha value is -3.35. The van der Waals surface area contributed by atoms with Crippen LogP contribution in [0.2, 0.25) is 0 Å². The number of carbonyl (C=O) groups excluding carboxylic acids is 1. The summed E-state index contributed by atoms with van der Waals surface area (Å²) in [6.07, 6.45) is -3.95. The van der Waals surface area contributed by atoms with Crippen molar-refractivity contribution in [1.82, 2.24) is 4.98 Å². The van der Waals surface area contributed by atoms with Gasteiger partial charge < -0.3 is 10.3 Å². The molecule has 4 nitrogen and oxygen atoms in total. The molecule has 7 heteroatoms. The van der Waals surface area contributed by atoms with Crippen molar-refractivity contribution in [2.75, 3.05) is 5.32 Å². The van der Waals surface area contributed by atoms with Gasteiger partial charge in [0.25, 0.3) is 11.5 Å². The highest BCUT2D eigenvalue weighted by Gasteiger charge is 2.32. The van der Waals surface area contributed by atoms with Gasteiger partial charge in [-0.05, 0) is 52.9 Å². The van der Waals surface area contributed by atoms with E-state index < -0.39 is 23.3 Å². The molecule has 0 atom stereocenters. The molecule has 0 saturated heterocycles. The van der Waals surface area contributed by atoms with Crippen molar-refractivity contribution < 1.29 is 18.0 Å². The molecule has 136 valence electrons. The summed E-state index contributed by atoms with van der Waals surface area (Å²) in [4.78, 5) is 25.8. The van der Waals surface area contributed by atoms with Crippen LogP contribution in [0.15, 0.2) is 59.4 Å². The average molecular weight is 370 g/mol. The van der Waals surface area contributed by atoms with E-state index in [1.807, 2.05) is 36.4 Å². The molecule has 1 amide bonds. The van der Waals surface area contributed by atoms with Gasteiger partial charge in [-0.1, -0.05) is 30.3 Å². The minimum absolute atomic E-state index is 0.383. The number of fused-ring (bicyclic) bond motifs is 3. The number of hydrogen-bond donors (Lipinski definition) is 2. The third-order valence-electron chi connectivity index (χ3n) is 4.51. The molecule has 2 N–H and O–H groups in total. The number of pyridine rings is 1. The fourth-order valence-electron chi connectivity index (χ4n) is 3.24. The molecule has 1 aliphatic carbocycles. The molecule has 1 heterocycles. The second kappa shape index (κ2) is 6.12. The maximum atomic E-state index is 12.6. The molecule has 0 bridgehead atoms. The van der Waals surface area contributed by atoms with Crippen LogP contribution in [0.1, 0.15) is 27.2 Å². The summed E-state index contributed by atoms with van der Waals surface area (Å²) in [5.74, 6) is -0.763. The van der Waals surface area contributed by atoms with E-state index >= 15 is 0 Å². The highest BCUT2D eigenvalue weighted by Crippen LogP contribution is 2.37. The number of carbonyl (C=O) groups is 1. The summed E-state index contributed by atoms with van der Waals surface area (Å²) in [5, 5.41) is 2.57. The Kier molecular flexibility index (Phi) is 3.87. The number of benzene rings is 2. The molecule has 0 unspecified atom stereocenters. The van der Waals surface area contributed by atoms with E-state index in [1.54, 1.807) is 11.1 Å². The van der Waals surface area contributed by atoms with E-state index in [0.717, 1.165) is 29.2 Å². The molecule has 4 rings (SSSR count). The lowest BCUT2D eigenvalue weighted by Crippen LogP contribution is -2.25. The zero-order valence-electron chi connectivity index (χ0n) is 13.9. The molecule has 3 aromatic rings. The number of aromatic nitrogens is 1. The fraction of sp³-hybridized carbons (Fsp3) is 0.100. The first-order chi connectivity index (χ1) is 12.8. The Bertz CT molecular complexity index is 1120. The zero-order valence-corrected chi connectivity index (χ0v) is 13.9. The number of hydrogen-bond acceptors (Lipinski definition) is 2. The summed E-state index contributed by atoms with van der Waals surface area (Å²) in [6, 6.07) is 14.9. The molecule has 0 spiro atoms.